The molecule has 7 nitrogen and oxygen atoms in total. The average Bonchev–Trinajstić information content (AvgIpc) is 3.17. The van der Waals surface area contributed by atoms with Gasteiger partial charge in [-0.05, 0) is 38.3 Å². The van der Waals surface area contributed by atoms with Crippen LogP contribution in [0.15, 0.2) is 21.3 Å². The number of aliphatic imine (C=N–C) groups is 1. The molecule has 0 amide bonds. The van der Waals surface area contributed by atoms with Crippen molar-refractivity contribution >= 4 is 51.3 Å². The van der Waals surface area contributed by atoms with Gasteiger partial charge in [0.25, 0.3) is 10.0 Å². The van der Waals surface area contributed by atoms with Gasteiger partial charge >= 0.3 is 0 Å². The molecule has 0 aromatic carbocycles. The van der Waals surface area contributed by atoms with Crippen molar-refractivity contribution < 1.29 is 13.2 Å². The monoisotopic (exact) mass is 558 g/mol. The molecule has 0 saturated carbocycles. The van der Waals surface area contributed by atoms with Gasteiger partial charge in [0.2, 0.25) is 0 Å². The van der Waals surface area contributed by atoms with Gasteiger partial charge in [-0.1, -0.05) is 13.8 Å². The number of hydrogen-bond acceptors (Lipinski definition) is 5. The fraction of sp³-hybridized carbons (Fsp3) is 0.737. The van der Waals surface area contributed by atoms with Crippen LogP contribution in [0.3, 0.4) is 0 Å². The van der Waals surface area contributed by atoms with E-state index >= 15 is 0 Å². The molecule has 0 aliphatic carbocycles. The molecular formula is C19H35IN4O3S2. The van der Waals surface area contributed by atoms with Gasteiger partial charge in [-0.15, -0.1) is 35.3 Å². The lowest BCUT2D eigenvalue weighted by Gasteiger charge is -2.34. The number of halogens is 1. The van der Waals surface area contributed by atoms with Crippen molar-refractivity contribution in [1.82, 2.24) is 14.5 Å². The van der Waals surface area contributed by atoms with Gasteiger partial charge in [-0.25, -0.2) is 8.42 Å². The molecule has 1 fully saturated rings. The summed E-state index contributed by atoms with van der Waals surface area (Å²) in [6, 6.07) is 3.64. The molecule has 0 bridgehead atoms. The van der Waals surface area contributed by atoms with E-state index in [0.29, 0.717) is 23.4 Å². The van der Waals surface area contributed by atoms with Crippen LogP contribution in [-0.4, -0.2) is 76.1 Å². The quantitative estimate of drug-likeness (QED) is 0.287. The molecule has 1 aliphatic heterocycles. The van der Waals surface area contributed by atoms with E-state index in [1.165, 1.54) is 15.6 Å². The van der Waals surface area contributed by atoms with E-state index in [4.69, 9.17) is 4.74 Å². The first kappa shape index (κ1) is 26.6. The summed E-state index contributed by atoms with van der Waals surface area (Å²) in [4.78, 5) is 7.72. The summed E-state index contributed by atoms with van der Waals surface area (Å²) < 4.78 is 32.8. The molecule has 29 heavy (non-hydrogen) atoms. The Morgan fingerprint density at radius 1 is 1.28 bits per heavy atom. The number of nitrogens with one attached hydrogen (secondary N) is 1. The zero-order valence-electron chi connectivity index (χ0n) is 17.9. The van der Waals surface area contributed by atoms with Gasteiger partial charge in [0.1, 0.15) is 4.21 Å². The lowest BCUT2D eigenvalue weighted by atomic mass is 10.1. The molecule has 168 valence electrons. The predicted molar refractivity (Wildman–Crippen MR) is 131 cm³/mol. The minimum absolute atomic E-state index is 0. The molecule has 0 unspecified atom stereocenters. The number of nitrogens with zero attached hydrogens (tertiary/aromatic N) is 3. The molecule has 0 radical (unpaired) electrons. The van der Waals surface area contributed by atoms with Crippen LogP contribution in [0.1, 0.15) is 38.5 Å². The highest BCUT2D eigenvalue weighted by atomic mass is 127. The Morgan fingerprint density at radius 2 is 1.93 bits per heavy atom. The molecular weight excluding hydrogens is 523 g/mol. The second-order valence-electron chi connectivity index (χ2n) is 6.68. The first-order chi connectivity index (χ1) is 13.5. The van der Waals surface area contributed by atoms with Crippen LogP contribution in [0.5, 0.6) is 0 Å². The third-order valence-corrected chi connectivity index (χ3v) is 8.61. The molecule has 1 N–H and O–H groups in total. The van der Waals surface area contributed by atoms with E-state index in [0.717, 1.165) is 56.3 Å². The van der Waals surface area contributed by atoms with Crippen molar-refractivity contribution in [3.63, 3.8) is 0 Å². The van der Waals surface area contributed by atoms with Crippen LogP contribution in [0.25, 0.3) is 0 Å². The molecule has 0 spiro atoms. The predicted octanol–water partition coefficient (Wildman–Crippen LogP) is 3.02. The largest absolute Gasteiger partial charge is 0.378 e. The number of thiophene rings is 1. The van der Waals surface area contributed by atoms with Crippen LogP contribution in [0.4, 0.5) is 0 Å². The Hall–Kier alpha value is -0.430. The molecule has 1 aliphatic rings. The van der Waals surface area contributed by atoms with Crippen molar-refractivity contribution in [2.75, 3.05) is 46.4 Å². The fourth-order valence-electron chi connectivity index (χ4n) is 3.42. The SMILES string of the molecule is CCOC1CCN(C(=NC)NCCc2ccc(S(=O)(=O)N(CC)CC)s2)CC1.I. The molecule has 0 atom stereocenters. The number of guanidine groups is 1. The van der Waals surface area contributed by atoms with E-state index < -0.39 is 10.0 Å². The second kappa shape index (κ2) is 13.1. The number of rotatable bonds is 9. The first-order valence-corrected chi connectivity index (χ1v) is 12.4. The average molecular weight is 559 g/mol. The molecule has 1 aromatic heterocycles. The Balaban J connectivity index is 0.00000420. The molecule has 1 saturated heterocycles. The first-order valence-electron chi connectivity index (χ1n) is 10.1. The number of sulfonamides is 1. The minimum atomic E-state index is -3.37. The highest BCUT2D eigenvalue weighted by Crippen LogP contribution is 2.25. The summed E-state index contributed by atoms with van der Waals surface area (Å²) >= 11 is 1.36. The number of hydrogen-bond donors (Lipinski definition) is 1. The zero-order valence-corrected chi connectivity index (χ0v) is 21.9. The van der Waals surface area contributed by atoms with Crippen molar-refractivity contribution in [3.8, 4) is 0 Å². The Morgan fingerprint density at radius 3 is 2.48 bits per heavy atom. The molecule has 2 heterocycles. The van der Waals surface area contributed by atoms with Gasteiger partial charge in [0.05, 0.1) is 6.10 Å². The maximum Gasteiger partial charge on any atom is 0.252 e. The topological polar surface area (TPSA) is 74.2 Å². The van der Waals surface area contributed by atoms with Crippen LogP contribution in [0.2, 0.25) is 0 Å². The van der Waals surface area contributed by atoms with Crippen LogP contribution in [-0.2, 0) is 21.2 Å². The van der Waals surface area contributed by atoms with E-state index in [1.54, 1.807) is 13.1 Å². The zero-order chi connectivity index (χ0) is 20.6. The normalized spacial score (nSPS) is 16.2. The number of piperidine rings is 1. The summed E-state index contributed by atoms with van der Waals surface area (Å²) in [5.41, 5.74) is 0. The lowest BCUT2D eigenvalue weighted by molar-refractivity contribution is 0.0264. The summed E-state index contributed by atoms with van der Waals surface area (Å²) in [5.74, 6) is 0.905. The van der Waals surface area contributed by atoms with Crippen molar-refractivity contribution in [3.05, 3.63) is 17.0 Å². The van der Waals surface area contributed by atoms with Crippen LogP contribution >= 0.6 is 35.3 Å². The standard InChI is InChI=1S/C19H34N4O3S2.HI/c1-5-23(6-2)28(24,25)18-9-8-17(27-18)10-13-21-19(20-4)22-14-11-16(12-15-22)26-7-3;/h8-9,16H,5-7,10-15H2,1-4H3,(H,20,21);1H. The van der Waals surface area contributed by atoms with E-state index in [2.05, 4.69) is 15.2 Å². The summed E-state index contributed by atoms with van der Waals surface area (Å²) in [5, 5.41) is 3.41. The highest BCUT2D eigenvalue weighted by molar-refractivity contribution is 14.0. The van der Waals surface area contributed by atoms with Crippen LogP contribution in [0, 0.1) is 0 Å². The minimum Gasteiger partial charge on any atom is -0.378 e. The van der Waals surface area contributed by atoms with Crippen LogP contribution < -0.4 is 5.32 Å². The molecule has 1 aromatic rings. The van der Waals surface area contributed by atoms with Gasteiger partial charge < -0.3 is 15.0 Å². The van der Waals surface area contributed by atoms with Crippen molar-refractivity contribution in [2.24, 2.45) is 4.99 Å². The van der Waals surface area contributed by atoms with Crippen molar-refractivity contribution in [2.45, 2.75) is 50.3 Å². The van der Waals surface area contributed by atoms with Gasteiger partial charge in [0, 0.05) is 51.3 Å². The third-order valence-electron chi connectivity index (χ3n) is 4.95. The fourth-order valence-corrected chi connectivity index (χ4v) is 6.39. The number of likely N-dealkylation sites (tertiary alicyclic amines) is 1. The van der Waals surface area contributed by atoms with E-state index in [-0.39, 0.29) is 24.0 Å². The van der Waals surface area contributed by atoms with Gasteiger partial charge in [-0.3, -0.25) is 4.99 Å². The lowest BCUT2D eigenvalue weighted by Crippen LogP contribution is -2.47. The molecule has 2 rings (SSSR count). The van der Waals surface area contributed by atoms with Crippen molar-refractivity contribution in [1.29, 1.82) is 0 Å². The number of ether oxygens (including phenoxy) is 1. The smallest absolute Gasteiger partial charge is 0.252 e. The highest BCUT2D eigenvalue weighted by Gasteiger charge is 2.24. The summed E-state index contributed by atoms with van der Waals surface area (Å²) in [6.07, 6.45) is 3.17. The third kappa shape index (κ3) is 7.34. The van der Waals surface area contributed by atoms with E-state index in [9.17, 15) is 8.42 Å². The summed E-state index contributed by atoms with van der Waals surface area (Å²) in [6.45, 7) is 10.1. The van der Waals surface area contributed by atoms with Gasteiger partial charge in [0.15, 0.2) is 5.96 Å². The molecule has 10 heteroatoms. The Labute approximate surface area is 197 Å². The summed E-state index contributed by atoms with van der Waals surface area (Å²) in [7, 11) is -1.56. The maximum atomic E-state index is 12.6. The van der Waals surface area contributed by atoms with Gasteiger partial charge in [-0.2, -0.15) is 4.31 Å². The Bertz CT molecular complexity index is 728. The second-order valence-corrected chi connectivity index (χ2v) is 10.0. The Kier molecular flexibility index (Phi) is 12.0. The van der Waals surface area contributed by atoms with E-state index in [1.807, 2.05) is 26.8 Å². The maximum absolute atomic E-state index is 12.6.